The first-order valence-electron chi connectivity index (χ1n) is 13.8. The van der Waals surface area contributed by atoms with Gasteiger partial charge in [-0.2, -0.15) is 5.26 Å². The van der Waals surface area contributed by atoms with Crippen molar-refractivity contribution in [3.8, 4) is 6.07 Å². The highest BCUT2D eigenvalue weighted by atomic mass is 19.1. The minimum atomic E-state index is -0.763. The van der Waals surface area contributed by atoms with Crippen LogP contribution in [0.25, 0.3) is 11.0 Å². The Balaban J connectivity index is 1.25. The zero-order valence-corrected chi connectivity index (χ0v) is 22.8. The average molecular weight is 541 g/mol. The number of aryl methyl sites for hydroxylation is 1. The van der Waals surface area contributed by atoms with Crippen LogP contribution in [0.3, 0.4) is 0 Å². The van der Waals surface area contributed by atoms with Gasteiger partial charge in [0.1, 0.15) is 24.0 Å². The van der Waals surface area contributed by atoms with E-state index in [-0.39, 0.29) is 17.2 Å². The van der Waals surface area contributed by atoms with Crippen LogP contribution in [0.4, 0.5) is 10.1 Å². The first kappa shape index (κ1) is 26.1. The molecule has 1 aliphatic heterocycles. The number of rotatable bonds is 7. The number of aromatic amines is 1. The lowest BCUT2D eigenvalue weighted by atomic mass is 9.57. The Bertz CT molecular complexity index is 1580. The van der Waals surface area contributed by atoms with Crippen molar-refractivity contribution >= 4 is 22.6 Å². The van der Waals surface area contributed by atoms with Crippen molar-refractivity contribution in [1.29, 1.82) is 5.26 Å². The molecule has 1 saturated carbocycles. The largest absolute Gasteiger partial charge is 0.360 e. The van der Waals surface area contributed by atoms with Crippen LogP contribution in [0.2, 0.25) is 0 Å². The van der Waals surface area contributed by atoms with Crippen LogP contribution in [0.15, 0.2) is 48.9 Å². The van der Waals surface area contributed by atoms with E-state index in [9.17, 15) is 14.4 Å². The highest BCUT2D eigenvalue weighted by Crippen LogP contribution is 2.53. The van der Waals surface area contributed by atoms with E-state index >= 15 is 0 Å². The quantitative estimate of drug-likeness (QED) is 0.350. The van der Waals surface area contributed by atoms with Crippen molar-refractivity contribution in [1.82, 2.24) is 29.6 Å². The lowest BCUT2D eigenvalue weighted by molar-refractivity contribution is 0.0928. The number of pyridine rings is 1. The Hall–Kier alpha value is -4.10. The third-order valence-corrected chi connectivity index (χ3v) is 8.58. The lowest BCUT2D eigenvalue weighted by Crippen LogP contribution is -2.44. The molecule has 10 heteroatoms. The highest BCUT2D eigenvalue weighted by molar-refractivity contribution is 6.04. The summed E-state index contributed by atoms with van der Waals surface area (Å²) in [5.74, 6) is 0.858. The summed E-state index contributed by atoms with van der Waals surface area (Å²) in [6.45, 7) is 3.94. The van der Waals surface area contributed by atoms with Crippen LogP contribution >= 0.6 is 0 Å². The van der Waals surface area contributed by atoms with Gasteiger partial charge in [-0.15, -0.1) is 10.2 Å². The Morgan fingerprint density at radius 1 is 1.30 bits per heavy atom. The number of piperidine rings is 1. The summed E-state index contributed by atoms with van der Waals surface area (Å²) in [4.78, 5) is 23.6. The number of fused-ring (bicyclic) bond motifs is 1. The number of likely N-dealkylation sites (tertiary alicyclic amines) is 1. The second kappa shape index (κ2) is 10.5. The van der Waals surface area contributed by atoms with Gasteiger partial charge in [0.15, 0.2) is 0 Å². The Labute approximate surface area is 232 Å². The third-order valence-electron chi connectivity index (χ3n) is 8.58. The maximum absolute atomic E-state index is 14.0. The van der Waals surface area contributed by atoms with Crippen LogP contribution in [-0.4, -0.2) is 54.8 Å². The molecular weight excluding hydrogens is 507 g/mol. The summed E-state index contributed by atoms with van der Waals surface area (Å²) in [5, 5.41) is 20.8. The number of alkyl halides is 1. The van der Waals surface area contributed by atoms with Crippen LogP contribution in [0.1, 0.15) is 60.0 Å². The minimum Gasteiger partial charge on any atom is -0.360 e. The zero-order valence-electron chi connectivity index (χ0n) is 22.8. The molecule has 2 aliphatic rings. The number of nitrogens with one attached hydrogen (secondary N) is 2. The Morgan fingerprint density at radius 2 is 2.15 bits per heavy atom. The van der Waals surface area contributed by atoms with E-state index in [1.807, 2.05) is 55.1 Å². The maximum Gasteiger partial charge on any atom is 0.274 e. The second-order valence-electron chi connectivity index (χ2n) is 11.4. The van der Waals surface area contributed by atoms with E-state index in [1.165, 1.54) is 0 Å². The number of nitrogens with zero attached hydrogens (tertiary/aromatic N) is 6. The predicted molar refractivity (Wildman–Crippen MR) is 149 cm³/mol. The summed E-state index contributed by atoms with van der Waals surface area (Å²) >= 11 is 0. The molecule has 3 aromatic heterocycles. The Kier molecular flexibility index (Phi) is 6.84. The summed E-state index contributed by atoms with van der Waals surface area (Å²) in [7, 11) is 1.93. The van der Waals surface area contributed by atoms with Crippen LogP contribution < -0.4 is 5.32 Å². The molecule has 2 atom stereocenters. The van der Waals surface area contributed by atoms with Crippen molar-refractivity contribution in [2.75, 3.05) is 18.4 Å². The number of halogens is 1. The van der Waals surface area contributed by atoms with Gasteiger partial charge in [0.25, 0.3) is 5.91 Å². The first-order valence-corrected chi connectivity index (χ1v) is 13.8. The van der Waals surface area contributed by atoms with Gasteiger partial charge >= 0.3 is 0 Å². The summed E-state index contributed by atoms with van der Waals surface area (Å²) in [6.07, 6.45) is 5.40. The number of anilines is 1. The van der Waals surface area contributed by atoms with Crippen molar-refractivity contribution in [2.45, 2.75) is 50.7 Å². The van der Waals surface area contributed by atoms with E-state index in [0.717, 1.165) is 40.8 Å². The average Bonchev–Trinajstić information content (AvgIpc) is 3.57. The number of aromatic nitrogens is 5. The molecule has 1 amide bonds. The predicted octanol–water partition coefficient (Wildman–Crippen LogP) is 4.73. The zero-order chi connectivity index (χ0) is 27.9. The number of nitriles is 1. The Morgan fingerprint density at radius 3 is 2.90 bits per heavy atom. The molecule has 0 bridgehead atoms. The van der Waals surface area contributed by atoms with Gasteiger partial charge in [-0.3, -0.25) is 9.69 Å². The smallest absolute Gasteiger partial charge is 0.274 e. The molecule has 206 valence electrons. The highest BCUT2D eigenvalue weighted by Gasteiger charge is 2.49. The molecule has 1 saturated heterocycles. The minimum absolute atomic E-state index is 0.0135. The summed E-state index contributed by atoms with van der Waals surface area (Å²) in [5.41, 5.74) is 4.28. The van der Waals surface area contributed by atoms with Gasteiger partial charge in [0.2, 0.25) is 0 Å². The fourth-order valence-electron chi connectivity index (χ4n) is 6.49. The summed E-state index contributed by atoms with van der Waals surface area (Å²) in [6, 6.07) is 13.8. The molecule has 1 aromatic carbocycles. The molecule has 2 fully saturated rings. The fraction of sp³-hybridized carbons (Fsp3) is 0.433. The molecule has 40 heavy (non-hydrogen) atoms. The second-order valence-corrected chi connectivity index (χ2v) is 11.4. The van der Waals surface area contributed by atoms with Gasteiger partial charge in [-0.05, 0) is 60.6 Å². The molecule has 6 rings (SSSR count). The topological polar surface area (TPSA) is 116 Å². The molecular formula is C30H33FN8O. The number of benzene rings is 1. The van der Waals surface area contributed by atoms with E-state index in [2.05, 4.69) is 42.5 Å². The molecule has 0 spiro atoms. The third kappa shape index (κ3) is 4.75. The van der Waals surface area contributed by atoms with Crippen molar-refractivity contribution in [2.24, 2.45) is 18.9 Å². The van der Waals surface area contributed by atoms with Crippen molar-refractivity contribution in [3.63, 3.8) is 0 Å². The normalized spacial score (nSPS) is 24.9. The maximum atomic E-state index is 14.0. The molecule has 4 heterocycles. The number of hydrogen-bond acceptors (Lipinski definition) is 6. The number of amides is 1. The number of carbonyl (C=O) groups excluding carboxylic acids is 1. The van der Waals surface area contributed by atoms with Gasteiger partial charge in [0.05, 0.1) is 22.5 Å². The molecule has 9 nitrogen and oxygen atoms in total. The van der Waals surface area contributed by atoms with Crippen LogP contribution in [-0.2, 0) is 19.0 Å². The van der Waals surface area contributed by atoms with E-state index in [1.54, 1.807) is 6.33 Å². The molecule has 0 radical (unpaired) electrons. The van der Waals surface area contributed by atoms with Gasteiger partial charge in [0, 0.05) is 50.9 Å². The van der Waals surface area contributed by atoms with E-state index < -0.39 is 6.17 Å². The molecule has 4 aromatic rings. The lowest BCUT2D eigenvalue weighted by Gasteiger charge is -2.46. The number of hydrogen-bond donors (Lipinski definition) is 2. The monoisotopic (exact) mass is 540 g/mol. The number of H-pyrrole nitrogens is 1. The van der Waals surface area contributed by atoms with E-state index in [4.69, 9.17) is 0 Å². The van der Waals surface area contributed by atoms with Crippen LogP contribution in [0, 0.1) is 23.2 Å². The molecule has 2 N–H and O–H groups in total. The first-order chi connectivity index (χ1) is 19.4. The fourth-order valence-corrected chi connectivity index (χ4v) is 6.49. The standard InChI is InChI=1S/C30H33FN8O/c1-19-16-39(11-8-24(19)31)17-21-12-26(36-25-7-10-33-27(21)25)28(40)35-23-5-3-4-22(13-23)30(14-20(15-30)6-9-32)29-37-34-18-38(29)2/h3-5,7,10,12-13,18-20,24,33H,6,8,11,14-17H2,1-2H3,(H,35,40)/t19-,20?,24+,30?/m1/s1. The number of carbonyl (C=O) groups is 1. The summed E-state index contributed by atoms with van der Waals surface area (Å²) < 4.78 is 16.0. The molecule has 1 aliphatic carbocycles. The van der Waals surface area contributed by atoms with Crippen molar-refractivity contribution < 1.29 is 9.18 Å². The van der Waals surface area contributed by atoms with Crippen LogP contribution in [0.5, 0.6) is 0 Å². The SMILES string of the molecule is C[C@@H]1CN(Cc2cc(C(=O)Nc3cccc(C4(c5nncn5C)CC(CC#N)C4)c3)nc3cc[nH]c23)CC[C@@H]1F. The van der Waals surface area contributed by atoms with Crippen molar-refractivity contribution in [3.05, 3.63) is 71.6 Å². The molecule has 0 unspecified atom stereocenters. The van der Waals surface area contributed by atoms with Gasteiger partial charge in [-0.25, -0.2) is 9.37 Å². The van der Waals surface area contributed by atoms with Gasteiger partial charge < -0.3 is 14.9 Å². The van der Waals surface area contributed by atoms with Gasteiger partial charge in [-0.1, -0.05) is 19.1 Å². The van der Waals surface area contributed by atoms with E-state index in [0.29, 0.717) is 49.8 Å².